The fourth-order valence-corrected chi connectivity index (χ4v) is 3.95. The summed E-state index contributed by atoms with van der Waals surface area (Å²) in [5.41, 5.74) is 0.436. The van der Waals surface area contributed by atoms with Crippen LogP contribution >= 0.6 is 11.3 Å². The zero-order valence-corrected chi connectivity index (χ0v) is 18.3. The van der Waals surface area contributed by atoms with E-state index in [-0.39, 0.29) is 54.2 Å². The van der Waals surface area contributed by atoms with E-state index in [0.29, 0.717) is 10.6 Å². The number of thiazole rings is 1. The van der Waals surface area contributed by atoms with E-state index in [2.05, 4.69) is 15.6 Å². The molecule has 1 fully saturated rings. The standard InChI is InChI=1S/C21H26FN5O2S/c1-12(2)21(4)9-18(28)27(20(23)26-21)10-17-25-16(11-30-17)19(29)24-13(3)14-6-5-7-15(22)8-14/h5-8,11-13H,9-10H2,1-4H3,(H2,23,26)(H,24,29)/t13-,21-/m0/s1. The lowest BCUT2D eigenvalue weighted by Gasteiger charge is -2.42. The molecule has 1 aliphatic rings. The zero-order chi connectivity index (χ0) is 22.1. The van der Waals surface area contributed by atoms with E-state index in [4.69, 9.17) is 5.41 Å². The van der Waals surface area contributed by atoms with E-state index in [9.17, 15) is 14.0 Å². The molecule has 2 aromatic rings. The van der Waals surface area contributed by atoms with Crippen molar-refractivity contribution in [3.05, 3.63) is 51.7 Å². The minimum Gasteiger partial charge on any atom is -0.350 e. The molecule has 0 unspecified atom stereocenters. The normalized spacial score (nSPS) is 20.3. The van der Waals surface area contributed by atoms with E-state index in [0.717, 1.165) is 0 Å². The van der Waals surface area contributed by atoms with Gasteiger partial charge in [0.1, 0.15) is 16.5 Å². The highest BCUT2D eigenvalue weighted by atomic mass is 32.1. The van der Waals surface area contributed by atoms with Crippen molar-refractivity contribution in [1.29, 1.82) is 5.41 Å². The number of amides is 2. The minimum absolute atomic E-state index is 0.0448. The number of carbonyl (C=O) groups excluding carboxylic acids is 2. The van der Waals surface area contributed by atoms with Crippen LogP contribution in [0.15, 0.2) is 29.6 Å². The maximum atomic E-state index is 13.4. The number of nitrogens with zero attached hydrogens (tertiary/aromatic N) is 2. The SMILES string of the molecule is CC(C)[C@]1(C)CC(=O)N(Cc2nc(C(=O)N[C@@H](C)c3cccc(F)c3)cs2)C(=N)N1. The maximum absolute atomic E-state index is 13.4. The molecule has 3 N–H and O–H groups in total. The molecular weight excluding hydrogens is 405 g/mol. The number of guanidine groups is 1. The van der Waals surface area contributed by atoms with E-state index >= 15 is 0 Å². The van der Waals surface area contributed by atoms with Crippen LogP contribution in [0.5, 0.6) is 0 Å². The summed E-state index contributed by atoms with van der Waals surface area (Å²) in [5, 5.41) is 16.3. The van der Waals surface area contributed by atoms with E-state index in [1.165, 1.54) is 28.4 Å². The summed E-state index contributed by atoms with van der Waals surface area (Å²) in [6.07, 6.45) is 0.289. The third-order valence-corrected chi connectivity index (χ3v) is 6.38. The van der Waals surface area contributed by atoms with Gasteiger partial charge in [0.2, 0.25) is 5.91 Å². The van der Waals surface area contributed by atoms with Gasteiger partial charge in [-0.15, -0.1) is 11.3 Å². The highest BCUT2D eigenvalue weighted by molar-refractivity contribution is 7.09. The summed E-state index contributed by atoms with van der Waals surface area (Å²) in [5.74, 6) is -0.640. The van der Waals surface area contributed by atoms with Gasteiger partial charge in [0.05, 0.1) is 19.0 Å². The van der Waals surface area contributed by atoms with Crippen LogP contribution < -0.4 is 10.6 Å². The van der Waals surface area contributed by atoms with Crippen LogP contribution in [0.2, 0.25) is 0 Å². The molecule has 3 rings (SSSR count). The number of halogens is 1. The number of nitrogens with one attached hydrogen (secondary N) is 3. The van der Waals surface area contributed by atoms with Crippen molar-refractivity contribution in [2.45, 2.75) is 52.2 Å². The molecule has 0 saturated carbocycles. The Morgan fingerprint density at radius 1 is 1.43 bits per heavy atom. The number of hydrogen-bond donors (Lipinski definition) is 3. The van der Waals surface area contributed by atoms with E-state index in [1.807, 2.05) is 20.8 Å². The number of rotatable bonds is 6. The second-order valence-electron chi connectivity index (χ2n) is 8.08. The van der Waals surface area contributed by atoms with Gasteiger partial charge in [-0.25, -0.2) is 9.37 Å². The number of hydrogen-bond acceptors (Lipinski definition) is 5. The lowest BCUT2D eigenvalue weighted by Crippen LogP contribution is -2.62. The lowest BCUT2D eigenvalue weighted by atomic mass is 9.83. The third kappa shape index (κ3) is 4.67. The molecule has 2 atom stereocenters. The predicted molar refractivity (Wildman–Crippen MR) is 114 cm³/mol. The van der Waals surface area contributed by atoms with Crippen molar-refractivity contribution < 1.29 is 14.0 Å². The van der Waals surface area contributed by atoms with Crippen molar-refractivity contribution in [3.8, 4) is 0 Å². The Kier molecular flexibility index (Phi) is 6.21. The molecule has 2 heterocycles. The van der Waals surface area contributed by atoms with Crippen molar-refractivity contribution in [2.24, 2.45) is 5.92 Å². The highest BCUT2D eigenvalue weighted by Gasteiger charge is 2.40. The molecule has 30 heavy (non-hydrogen) atoms. The predicted octanol–water partition coefficient (Wildman–Crippen LogP) is 3.44. The summed E-state index contributed by atoms with van der Waals surface area (Å²) >= 11 is 1.26. The van der Waals surface area contributed by atoms with E-state index in [1.54, 1.807) is 24.4 Å². The van der Waals surface area contributed by atoms with Gasteiger partial charge in [-0.05, 0) is 37.5 Å². The second kappa shape index (κ2) is 8.51. The molecule has 0 aliphatic carbocycles. The Morgan fingerprint density at radius 2 is 2.17 bits per heavy atom. The summed E-state index contributed by atoms with van der Waals surface area (Å²) in [7, 11) is 0. The molecule has 1 aromatic carbocycles. The first-order valence-electron chi connectivity index (χ1n) is 9.77. The zero-order valence-electron chi connectivity index (χ0n) is 17.5. The molecule has 160 valence electrons. The van der Waals surface area contributed by atoms with Gasteiger partial charge in [-0.1, -0.05) is 26.0 Å². The number of benzene rings is 1. The van der Waals surface area contributed by atoms with Crippen LogP contribution in [0, 0.1) is 17.1 Å². The molecule has 0 radical (unpaired) electrons. The monoisotopic (exact) mass is 431 g/mol. The fraction of sp³-hybridized carbons (Fsp3) is 0.429. The fourth-order valence-electron chi connectivity index (χ4n) is 3.19. The molecule has 1 saturated heterocycles. The Hall–Kier alpha value is -2.81. The van der Waals surface area contributed by atoms with Crippen molar-refractivity contribution in [1.82, 2.24) is 20.5 Å². The van der Waals surface area contributed by atoms with Gasteiger partial charge < -0.3 is 10.6 Å². The van der Waals surface area contributed by atoms with Crippen molar-refractivity contribution in [3.63, 3.8) is 0 Å². The van der Waals surface area contributed by atoms with Crippen LogP contribution in [0.4, 0.5) is 4.39 Å². The second-order valence-corrected chi connectivity index (χ2v) is 9.02. The molecule has 2 amide bonds. The van der Waals surface area contributed by atoms with Gasteiger partial charge in [-0.2, -0.15) is 0 Å². The first-order chi connectivity index (χ1) is 14.1. The van der Waals surface area contributed by atoms with E-state index < -0.39 is 5.54 Å². The summed E-state index contributed by atoms with van der Waals surface area (Å²) in [4.78, 5) is 30.8. The lowest BCUT2D eigenvalue weighted by molar-refractivity contribution is -0.131. The first-order valence-corrected chi connectivity index (χ1v) is 10.6. The summed E-state index contributed by atoms with van der Waals surface area (Å²) in [6, 6.07) is 5.68. The minimum atomic E-state index is -0.453. The summed E-state index contributed by atoms with van der Waals surface area (Å²) < 4.78 is 13.4. The molecule has 7 nitrogen and oxygen atoms in total. The van der Waals surface area contributed by atoms with Crippen LogP contribution in [0.25, 0.3) is 0 Å². The molecule has 0 bridgehead atoms. The molecule has 1 aliphatic heterocycles. The van der Waals surface area contributed by atoms with Crippen LogP contribution in [0.1, 0.15) is 61.2 Å². The molecular formula is C21H26FN5O2S. The first kappa shape index (κ1) is 21.9. The van der Waals surface area contributed by atoms with Gasteiger partial charge in [-0.3, -0.25) is 19.9 Å². The smallest absolute Gasteiger partial charge is 0.271 e. The van der Waals surface area contributed by atoms with Gasteiger partial charge in [0.25, 0.3) is 5.91 Å². The number of aromatic nitrogens is 1. The number of carbonyl (C=O) groups is 2. The third-order valence-electron chi connectivity index (χ3n) is 5.54. The van der Waals surface area contributed by atoms with Crippen LogP contribution in [-0.4, -0.2) is 33.2 Å². The molecule has 9 heteroatoms. The quantitative estimate of drug-likeness (QED) is 0.652. The molecule has 1 aromatic heterocycles. The van der Waals surface area contributed by atoms with Crippen molar-refractivity contribution in [2.75, 3.05) is 0 Å². The maximum Gasteiger partial charge on any atom is 0.271 e. The highest BCUT2D eigenvalue weighted by Crippen LogP contribution is 2.27. The Morgan fingerprint density at radius 3 is 2.80 bits per heavy atom. The van der Waals surface area contributed by atoms with Gasteiger partial charge in [0, 0.05) is 10.9 Å². The van der Waals surface area contributed by atoms with Crippen LogP contribution in [0.3, 0.4) is 0 Å². The Balaban J connectivity index is 1.64. The van der Waals surface area contributed by atoms with Crippen LogP contribution in [-0.2, 0) is 11.3 Å². The Bertz CT molecular complexity index is 956. The average Bonchev–Trinajstić information content (AvgIpc) is 3.13. The average molecular weight is 432 g/mol. The largest absolute Gasteiger partial charge is 0.350 e. The Labute approximate surface area is 179 Å². The molecule has 0 spiro atoms. The summed E-state index contributed by atoms with van der Waals surface area (Å²) in [6.45, 7) is 7.87. The van der Waals surface area contributed by atoms with Crippen molar-refractivity contribution >= 4 is 29.1 Å². The van der Waals surface area contributed by atoms with Gasteiger partial charge in [0.15, 0.2) is 5.96 Å². The topological polar surface area (TPSA) is 98.2 Å². The van der Waals surface area contributed by atoms with Gasteiger partial charge >= 0.3 is 0 Å².